The summed E-state index contributed by atoms with van der Waals surface area (Å²) in [6.45, 7) is 3.72. The molecule has 1 atom stereocenters. The van der Waals surface area contributed by atoms with Crippen LogP contribution in [0.2, 0.25) is 5.02 Å². The lowest BCUT2D eigenvalue weighted by Crippen LogP contribution is -2.07. The van der Waals surface area contributed by atoms with Crippen molar-refractivity contribution in [2.45, 2.75) is 26.4 Å². The normalized spacial score (nSPS) is 12.4. The molecule has 1 unspecified atom stereocenters. The van der Waals surface area contributed by atoms with Crippen molar-refractivity contribution in [3.63, 3.8) is 0 Å². The summed E-state index contributed by atoms with van der Waals surface area (Å²) in [7, 11) is 0. The summed E-state index contributed by atoms with van der Waals surface area (Å²) in [4.78, 5) is 0. The van der Waals surface area contributed by atoms with Crippen LogP contribution >= 0.6 is 11.6 Å². The number of hydrogen-bond acceptors (Lipinski definition) is 3. The van der Waals surface area contributed by atoms with Gasteiger partial charge in [-0.15, -0.1) is 0 Å². The number of aryl methyl sites for hydroxylation is 2. The second-order valence-electron chi connectivity index (χ2n) is 4.37. The SMILES string of the molecule is Cc1cc(C(O)Cc2ccc(Cl)cc2)c(C)nn1. The van der Waals surface area contributed by atoms with Gasteiger partial charge in [-0.25, -0.2) is 0 Å². The molecule has 18 heavy (non-hydrogen) atoms. The van der Waals surface area contributed by atoms with Gasteiger partial charge in [0.05, 0.1) is 17.5 Å². The zero-order chi connectivity index (χ0) is 13.1. The Labute approximate surface area is 111 Å². The fraction of sp³-hybridized carbons (Fsp3) is 0.286. The summed E-state index contributed by atoms with van der Waals surface area (Å²) in [5.74, 6) is 0. The molecule has 0 aliphatic rings. The van der Waals surface area contributed by atoms with E-state index in [-0.39, 0.29) is 0 Å². The molecule has 0 fully saturated rings. The highest BCUT2D eigenvalue weighted by atomic mass is 35.5. The summed E-state index contributed by atoms with van der Waals surface area (Å²) in [5.41, 5.74) is 3.45. The topological polar surface area (TPSA) is 46.0 Å². The minimum Gasteiger partial charge on any atom is -0.388 e. The van der Waals surface area contributed by atoms with E-state index < -0.39 is 6.10 Å². The van der Waals surface area contributed by atoms with Crippen LogP contribution in [0.4, 0.5) is 0 Å². The van der Waals surface area contributed by atoms with Gasteiger partial charge in [-0.2, -0.15) is 10.2 Å². The van der Waals surface area contributed by atoms with Crippen LogP contribution in [0.1, 0.15) is 28.6 Å². The first-order chi connectivity index (χ1) is 8.56. The fourth-order valence-corrected chi connectivity index (χ4v) is 1.99. The second kappa shape index (κ2) is 5.46. The molecule has 2 aromatic rings. The van der Waals surface area contributed by atoms with Gasteiger partial charge in [0.15, 0.2) is 0 Å². The molecule has 1 aromatic carbocycles. The molecule has 1 aromatic heterocycles. The maximum absolute atomic E-state index is 10.2. The maximum atomic E-state index is 10.2. The van der Waals surface area contributed by atoms with Gasteiger partial charge in [-0.05, 0) is 37.6 Å². The van der Waals surface area contributed by atoms with E-state index in [4.69, 9.17) is 11.6 Å². The molecule has 4 heteroatoms. The van der Waals surface area contributed by atoms with Gasteiger partial charge < -0.3 is 5.11 Å². The maximum Gasteiger partial charge on any atom is 0.0849 e. The van der Waals surface area contributed by atoms with Crippen molar-refractivity contribution in [2.24, 2.45) is 0 Å². The molecule has 0 saturated carbocycles. The second-order valence-corrected chi connectivity index (χ2v) is 4.81. The van der Waals surface area contributed by atoms with Crippen molar-refractivity contribution in [3.8, 4) is 0 Å². The number of nitrogens with zero attached hydrogens (tertiary/aromatic N) is 2. The van der Waals surface area contributed by atoms with E-state index in [0.29, 0.717) is 11.4 Å². The van der Waals surface area contributed by atoms with Crippen molar-refractivity contribution in [1.82, 2.24) is 10.2 Å². The summed E-state index contributed by atoms with van der Waals surface area (Å²) < 4.78 is 0. The molecular formula is C14H15ClN2O. The molecule has 1 heterocycles. The van der Waals surface area contributed by atoms with Crippen LogP contribution in [0.25, 0.3) is 0 Å². The van der Waals surface area contributed by atoms with Crippen LogP contribution in [-0.2, 0) is 6.42 Å². The average molecular weight is 263 g/mol. The quantitative estimate of drug-likeness (QED) is 0.925. The van der Waals surface area contributed by atoms with Crippen LogP contribution in [0.5, 0.6) is 0 Å². The van der Waals surface area contributed by atoms with E-state index in [2.05, 4.69) is 10.2 Å². The summed E-state index contributed by atoms with van der Waals surface area (Å²) >= 11 is 5.83. The van der Waals surface area contributed by atoms with Gasteiger partial charge in [-0.1, -0.05) is 23.7 Å². The van der Waals surface area contributed by atoms with Gasteiger partial charge in [-0.3, -0.25) is 0 Å². The van der Waals surface area contributed by atoms with Gasteiger partial charge in [0.25, 0.3) is 0 Å². The minimum atomic E-state index is -0.569. The van der Waals surface area contributed by atoms with Crippen molar-refractivity contribution in [2.75, 3.05) is 0 Å². The Morgan fingerprint density at radius 1 is 1.17 bits per heavy atom. The number of benzene rings is 1. The molecule has 0 aliphatic carbocycles. The van der Waals surface area contributed by atoms with E-state index in [1.165, 1.54) is 0 Å². The van der Waals surface area contributed by atoms with Crippen LogP contribution in [0.3, 0.4) is 0 Å². The number of hydrogen-bond donors (Lipinski definition) is 1. The lowest BCUT2D eigenvalue weighted by molar-refractivity contribution is 0.177. The first-order valence-electron chi connectivity index (χ1n) is 5.79. The zero-order valence-electron chi connectivity index (χ0n) is 10.4. The zero-order valence-corrected chi connectivity index (χ0v) is 11.1. The summed E-state index contributed by atoms with van der Waals surface area (Å²) in [5, 5.41) is 18.9. The third-order valence-electron chi connectivity index (χ3n) is 2.84. The Morgan fingerprint density at radius 2 is 1.83 bits per heavy atom. The molecule has 0 spiro atoms. The van der Waals surface area contributed by atoms with Gasteiger partial charge in [0.1, 0.15) is 0 Å². The van der Waals surface area contributed by atoms with E-state index in [1.54, 1.807) is 0 Å². The molecule has 0 aliphatic heterocycles. The largest absolute Gasteiger partial charge is 0.388 e. The molecule has 0 radical (unpaired) electrons. The number of aliphatic hydroxyl groups excluding tert-OH is 1. The highest BCUT2D eigenvalue weighted by Crippen LogP contribution is 2.21. The van der Waals surface area contributed by atoms with Crippen LogP contribution in [0, 0.1) is 13.8 Å². The number of aromatic nitrogens is 2. The standard InChI is InChI=1S/C14H15ClN2O/c1-9-7-13(10(2)17-16-9)14(18)8-11-3-5-12(15)6-4-11/h3-7,14,18H,8H2,1-2H3. The average Bonchev–Trinajstić information content (AvgIpc) is 2.35. The molecule has 1 N–H and O–H groups in total. The van der Waals surface area contributed by atoms with Crippen LogP contribution in [0.15, 0.2) is 30.3 Å². The Bertz CT molecular complexity index is 540. The van der Waals surface area contributed by atoms with E-state index in [9.17, 15) is 5.11 Å². The lowest BCUT2D eigenvalue weighted by Gasteiger charge is -2.13. The van der Waals surface area contributed by atoms with Crippen molar-refractivity contribution in [3.05, 3.63) is 57.9 Å². The predicted octanol–water partition coefficient (Wildman–Crippen LogP) is 3.02. The van der Waals surface area contributed by atoms with E-state index in [0.717, 1.165) is 22.5 Å². The molecular weight excluding hydrogens is 248 g/mol. The molecule has 0 amide bonds. The third kappa shape index (κ3) is 3.06. The van der Waals surface area contributed by atoms with Gasteiger partial charge in [0, 0.05) is 17.0 Å². The fourth-order valence-electron chi connectivity index (χ4n) is 1.86. The van der Waals surface area contributed by atoms with Crippen molar-refractivity contribution >= 4 is 11.6 Å². The highest BCUT2D eigenvalue weighted by molar-refractivity contribution is 6.30. The van der Waals surface area contributed by atoms with Crippen LogP contribution < -0.4 is 0 Å². The van der Waals surface area contributed by atoms with Gasteiger partial charge in [0.2, 0.25) is 0 Å². The van der Waals surface area contributed by atoms with Crippen molar-refractivity contribution < 1.29 is 5.11 Å². The Morgan fingerprint density at radius 3 is 2.50 bits per heavy atom. The minimum absolute atomic E-state index is 0.545. The smallest absolute Gasteiger partial charge is 0.0849 e. The van der Waals surface area contributed by atoms with Gasteiger partial charge >= 0.3 is 0 Å². The van der Waals surface area contributed by atoms with E-state index in [1.807, 2.05) is 44.2 Å². The number of aliphatic hydroxyl groups is 1. The number of halogens is 1. The van der Waals surface area contributed by atoms with E-state index >= 15 is 0 Å². The Kier molecular flexibility index (Phi) is 3.94. The molecule has 0 saturated heterocycles. The Balaban J connectivity index is 2.18. The highest BCUT2D eigenvalue weighted by Gasteiger charge is 2.13. The first-order valence-corrected chi connectivity index (χ1v) is 6.17. The molecule has 0 bridgehead atoms. The summed E-state index contributed by atoms with van der Waals surface area (Å²) in [6.07, 6.45) is -0.0243. The van der Waals surface area contributed by atoms with Crippen LogP contribution in [-0.4, -0.2) is 15.3 Å². The third-order valence-corrected chi connectivity index (χ3v) is 3.09. The first kappa shape index (κ1) is 13.0. The van der Waals surface area contributed by atoms with Crippen molar-refractivity contribution in [1.29, 1.82) is 0 Å². The molecule has 2 rings (SSSR count). The Hall–Kier alpha value is -1.45. The summed E-state index contributed by atoms with van der Waals surface area (Å²) in [6, 6.07) is 9.37. The predicted molar refractivity (Wildman–Crippen MR) is 71.6 cm³/mol. The molecule has 3 nitrogen and oxygen atoms in total. The monoisotopic (exact) mass is 262 g/mol. The number of rotatable bonds is 3. The lowest BCUT2D eigenvalue weighted by atomic mass is 10.0. The molecule has 94 valence electrons.